The largest absolute Gasteiger partial charge is 0.481 e. The first-order valence-electron chi connectivity index (χ1n) is 6.74. The van der Waals surface area contributed by atoms with Gasteiger partial charge in [0.05, 0.1) is 6.61 Å². The molecule has 1 amide bonds. The van der Waals surface area contributed by atoms with Crippen molar-refractivity contribution in [3.63, 3.8) is 0 Å². The van der Waals surface area contributed by atoms with Crippen molar-refractivity contribution in [1.82, 2.24) is 4.90 Å². The molecule has 19 heavy (non-hydrogen) atoms. The van der Waals surface area contributed by atoms with E-state index in [1.807, 2.05) is 0 Å². The number of carbonyl (C=O) groups is 3. The van der Waals surface area contributed by atoms with Crippen LogP contribution in [0.1, 0.15) is 45.4 Å². The lowest BCUT2D eigenvalue weighted by molar-refractivity contribution is -0.153. The first-order valence-corrected chi connectivity index (χ1v) is 6.74. The highest BCUT2D eigenvalue weighted by atomic mass is 16.5. The summed E-state index contributed by atoms with van der Waals surface area (Å²) >= 11 is 0. The molecule has 0 aromatic carbocycles. The number of amides is 1. The summed E-state index contributed by atoms with van der Waals surface area (Å²) in [5, 5.41) is 8.51. The van der Waals surface area contributed by atoms with Crippen molar-refractivity contribution < 1.29 is 24.2 Å². The minimum Gasteiger partial charge on any atom is -0.481 e. The van der Waals surface area contributed by atoms with Crippen molar-refractivity contribution in [2.45, 2.75) is 51.5 Å². The molecule has 0 aromatic heterocycles. The van der Waals surface area contributed by atoms with Gasteiger partial charge in [-0.3, -0.25) is 9.59 Å². The van der Waals surface area contributed by atoms with Gasteiger partial charge in [0.2, 0.25) is 5.91 Å². The maximum absolute atomic E-state index is 12.0. The number of ether oxygens (including phenoxy) is 1. The summed E-state index contributed by atoms with van der Waals surface area (Å²) in [4.78, 5) is 35.6. The number of carbonyl (C=O) groups excluding carboxylic acids is 2. The number of hydrogen-bond donors (Lipinski definition) is 1. The van der Waals surface area contributed by atoms with Gasteiger partial charge < -0.3 is 14.7 Å². The van der Waals surface area contributed by atoms with Gasteiger partial charge in [-0.2, -0.15) is 0 Å². The fourth-order valence-electron chi connectivity index (χ4n) is 2.24. The molecule has 1 N–H and O–H groups in total. The summed E-state index contributed by atoms with van der Waals surface area (Å²) in [5.41, 5.74) is 0. The van der Waals surface area contributed by atoms with Crippen LogP contribution < -0.4 is 0 Å². The molecule has 1 saturated heterocycles. The van der Waals surface area contributed by atoms with E-state index < -0.39 is 12.0 Å². The Kier molecular flexibility index (Phi) is 6.32. The molecule has 0 bridgehead atoms. The monoisotopic (exact) mass is 271 g/mol. The maximum atomic E-state index is 12.0. The SMILES string of the molecule is CCOC(=O)C1CCCN1C(=O)CCCCC(=O)O. The summed E-state index contributed by atoms with van der Waals surface area (Å²) in [5.74, 6) is -1.27. The quantitative estimate of drug-likeness (QED) is 0.555. The topological polar surface area (TPSA) is 83.9 Å². The Morgan fingerprint density at radius 1 is 1.26 bits per heavy atom. The number of hydrogen-bond acceptors (Lipinski definition) is 4. The summed E-state index contributed by atoms with van der Waals surface area (Å²) < 4.78 is 4.95. The number of rotatable bonds is 7. The molecule has 1 fully saturated rings. The second-order valence-electron chi connectivity index (χ2n) is 4.60. The van der Waals surface area contributed by atoms with Gasteiger partial charge in [0.15, 0.2) is 0 Å². The smallest absolute Gasteiger partial charge is 0.328 e. The van der Waals surface area contributed by atoms with Gasteiger partial charge in [0, 0.05) is 19.4 Å². The van der Waals surface area contributed by atoms with Crippen LogP contribution in [-0.4, -0.2) is 47.0 Å². The Morgan fingerprint density at radius 3 is 2.58 bits per heavy atom. The average Bonchev–Trinajstić information content (AvgIpc) is 2.83. The van der Waals surface area contributed by atoms with Crippen LogP contribution in [0.2, 0.25) is 0 Å². The van der Waals surface area contributed by atoms with E-state index >= 15 is 0 Å². The Morgan fingerprint density at radius 2 is 1.95 bits per heavy atom. The van der Waals surface area contributed by atoms with Crippen molar-refractivity contribution in [2.24, 2.45) is 0 Å². The number of carboxylic acid groups (broad SMARTS) is 1. The molecule has 6 heteroatoms. The van der Waals surface area contributed by atoms with Crippen molar-refractivity contribution in [1.29, 1.82) is 0 Å². The van der Waals surface area contributed by atoms with Crippen LogP contribution in [-0.2, 0) is 19.1 Å². The van der Waals surface area contributed by atoms with E-state index in [2.05, 4.69) is 0 Å². The second kappa shape index (κ2) is 7.76. The molecule has 1 heterocycles. The highest BCUT2D eigenvalue weighted by molar-refractivity contribution is 5.85. The van der Waals surface area contributed by atoms with Gasteiger partial charge in [-0.05, 0) is 32.6 Å². The minimum atomic E-state index is -0.849. The molecule has 0 spiro atoms. The molecule has 1 atom stereocenters. The summed E-state index contributed by atoms with van der Waals surface area (Å²) in [6, 6.07) is -0.452. The number of likely N-dealkylation sites (tertiary alicyclic amines) is 1. The molecule has 108 valence electrons. The van der Waals surface area contributed by atoms with E-state index in [0.29, 0.717) is 38.8 Å². The Bertz CT molecular complexity index is 342. The standard InChI is InChI=1S/C13H21NO5/c1-2-19-13(18)10-6-5-9-14(10)11(15)7-3-4-8-12(16)17/h10H,2-9H2,1H3,(H,16,17). The highest BCUT2D eigenvalue weighted by Gasteiger charge is 2.34. The summed E-state index contributed by atoms with van der Waals surface area (Å²) in [6.45, 7) is 2.64. The fraction of sp³-hybridized carbons (Fsp3) is 0.769. The lowest BCUT2D eigenvalue weighted by Crippen LogP contribution is -2.41. The average molecular weight is 271 g/mol. The third-order valence-electron chi connectivity index (χ3n) is 3.16. The molecule has 0 radical (unpaired) electrons. The van der Waals surface area contributed by atoms with Crippen LogP contribution in [0.15, 0.2) is 0 Å². The molecule has 0 saturated carbocycles. The number of aliphatic carboxylic acids is 1. The van der Waals surface area contributed by atoms with Crippen LogP contribution in [0.25, 0.3) is 0 Å². The van der Waals surface area contributed by atoms with Crippen LogP contribution in [0.4, 0.5) is 0 Å². The minimum absolute atomic E-state index is 0.0780. The van der Waals surface area contributed by atoms with Crippen LogP contribution in [0.3, 0.4) is 0 Å². The Hall–Kier alpha value is -1.59. The fourth-order valence-corrected chi connectivity index (χ4v) is 2.24. The van der Waals surface area contributed by atoms with E-state index in [1.54, 1.807) is 11.8 Å². The Labute approximate surface area is 112 Å². The van der Waals surface area contributed by atoms with Gasteiger partial charge in [-0.25, -0.2) is 4.79 Å². The highest BCUT2D eigenvalue weighted by Crippen LogP contribution is 2.20. The molecule has 6 nitrogen and oxygen atoms in total. The lowest BCUT2D eigenvalue weighted by atomic mass is 10.1. The molecule has 0 aliphatic carbocycles. The first-order chi connectivity index (χ1) is 9.06. The number of unbranched alkanes of at least 4 members (excludes halogenated alkanes) is 1. The predicted octanol–water partition coefficient (Wildman–Crippen LogP) is 1.19. The second-order valence-corrected chi connectivity index (χ2v) is 4.60. The summed E-state index contributed by atoms with van der Waals surface area (Å²) in [7, 11) is 0. The third kappa shape index (κ3) is 4.89. The van der Waals surface area contributed by atoms with Gasteiger partial charge in [0.25, 0.3) is 0 Å². The third-order valence-corrected chi connectivity index (χ3v) is 3.16. The van der Waals surface area contributed by atoms with E-state index in [1.165, 1.54) is 0 Å². The van der Waals surface area contributed by atoms with Crippen LogP contribution in [0, 0.1) is 0 Å². The normalized spacial score (nSPS) is 18.4. The molecule has 1 unspecified atom stereocenters. The summed E-state index contributed by atoms with van der Waals surface area (Å²) in [6.07, 6.45) is 2.86. The first kappa shape index (κ1) is 15.5. The zero-order valence-electron chi connectivity index (χ0n) is 11.3. The van der Waals surface area contributed by atoms with Crippen LogP contribution >= 0.6 is 0 Å². The van der Waals surface area contributed by atoms with Gasteiger partial charge >= 0.3 is 11.9 Å². The molecular formula is C13H21NO5. The molecule has 1 aliphatic rings. The van der Waals surface area contributed by atoms with E-state index in [4.69, 9.17) is 9.84 Å². The zero-order valence-corrected chi connectivity index (χ0v) is 11.3. The van der Waals surface area contributed by atoms with Crippen molar-refractivity contribution in [2.75, 3.05) is 13.2 Å². The number of esters is 1. The van der Waals surface area contributed by atoms with Gasteiger partial charge in [0.1, 0.15) is 6.04 Å². The predicted molar refractivity (Wildman–Crippen MR) is 67.5 cm³/mol. The zero-order chi connectivity index (χ0) is 14.3. The van der Waals surface area contributed by atoms with Crippen molar-refractivity contribution in [3.05, 3.63) is 0 Å². The molecule has 1 rings (SSSR count). The number of nitrogens with zero attached hydrogens (tertiary/aromatic N) is 1. The van der Waals surface area contributed by atoms with Crippen molar-refractivity contribution in [3.8, 4) is 0 Å². The molecular weight excluding hydrogens is 250 g/mol. The van der Waals surface area contributed by atoms with E-state index in [0.717, 1.165) is 6.42 Å². The maximum Gasteiger partial charge on any atom is 0.328 e. The van der Waals surface area contributed by atoms with Gasteiger partial charge in [-0.1, -0.05) is 0 Å². The van der Waals surface area contributed by atoms with E-state index in [-0.39, 0.29) is 18.3 Å². The Balaban J connectivity index is 2.37. The molecule has 1 aliphatic heterocycles. The van der Waals surface area contributed by atoms with E-state index in [9.17, 15) is 14.4 Å². The van der Waals surface area contributed by atoms with Crippen LogP contribution in [0.5, 0.6) is 0 Å². The number of carboxylic acids is 1. The lowest BCUT2D eigenvalue weighted by Gasteiger charge is -2.23. The van der Waals surface area contributed by atoms with Crippen molar-refractivity contribution >= 4 is 17.8 Å². The molecule has 0 aromatic rings. The van der Waals surface area contributed by atoms with Gasteiger partial charge in [-0.15, -0.1) is 0 Å².